The molecule has 0 radical (unpaired) electrons. The van der Waals surface area contributed by atoms with Crippen LogP contribution in [0.25, 0.3) is 27.6 Å². The van der Waals surface area contributed by atoms with Crippen molar-refractivity contribution in [3.63, 3.8) is 0 Å². The van der Waals surface area contributed by atoms with E-state index in [4.69, 9.17) is 0 Å². The summed E-state index contributed by atoms with van der Waals surface area (Å²) in [7, 11) is -4.01. The van der Waals surface area contributed by atoms with Crippen molar-refractivity contribution >= 4 is 43.6 Å². The minimum absolute atomic E-state index is 0.0410. The number of nitrogens with zero attached hydrogens (tertiary/aromatic N) is 1. The Hall–Kier alpha value is -3.51. The first-order valence-electron chi connectivity index (χ1n) is 8.60. The number of hydrogen-bond donors (Lipinski definition) is 1. The predicted octanol–water partition coefficient (Wildman–Crippen LogP) is 3.91. The second kappa shape index (κ2) is 7.25. The number of nitrogens with one attached hydrogen (secondary N) is 1. The molecule has 6 heteroatoms. The molecule has 0 unspecified atom stereocenters. The van der Waals surface area contributed by atoms with Gasteiger partial charge in [0.15, 0.2) is 0 Å². The first-order chi connectivity index (χ1) is 13.5. The first-order valence-corrected chi connectivity index (χ1v) is 10.1. The molecule has 1 N–H and O–H groups in total. The fourth-order valence-electron chi connectivity index (χ4n) is 3.11. The molecule has 0 fully saturated rings. The minimum Gasteiger partial charge on any atom is -0.269 e. The summed E-state index contributed by atoms with van der Waals surface area (Å²) < 4.78 is 27.5. The SMILES string of the molecule is O=C(/C=C/c1cccc2ccccc12)NS(=O)(=O)c1cccc2cnccc12. The van der Waals surface area contributed by atoms with E-state index in [1.165, 1.54) is 18.3 Å². The summed E-state index contributed by atoms with van der Waals surface area (Å²) in [6.07, 6.45) is 5.94. The molecule has 1 amide bonds. The van der Waals surface area contributed by atoms with Gasteiger partial charge in [0.2, 0.25) is 0 Å². The van der Waals surface area contributed by atoms with E-state index in [1.807, 2.05) is 42.5 Å². The molecule has 0 atom stereocenters. The van der Waals surface area contributed by atoms with Gasteiger partial charge in [-0.15, -0.1) is 0 Å². The van der Waals surface area contributed by atoms with Crippen molar-refractivity contribution in [2.45, 2.75) is 4.90 Å². The molecule has 0 aliphatic rings. The van der Waals surface area contributed by atoms with Crippen molar-refractivity contribution in [3.05, 3.63) is 90.8 Å². The lowest BCUT2D eigenvalue weighted by Gasteiger charge is -2.08. The average Bonchev–Trinajstić information content (AvgIpc) is 2.71. The lowest BCUT2D eigenvalue weighted by Crippen LogP contribution is -2.29. The maximum atomic E-state index is 12.7. The average molecular weight is 388 g/mol. The molecule has 5 nitrogen and oxygen atoms in total. The summed E-state index contributed by atoms with van der Waals surface area (Å²) in [5.41, 5.74) is 0.835. The molecular weight excluding hydrogens is 372 g/mol. The van der Waals surface area contributed by atoms with E-state index >= 15 is 0 Å². The van der Waals surface area contributed by atoms with Gasteiger partial charge in [-0.1, -0.05) is 54.6 Å². The van der Waals surface area contributed by atoms with Crippen molar-refractivity contribution < 1.29 is 13.2 Å². The number of rotatable bonds is 4. The maximum absolute atomic E-state index is 12.7. The number of benzene rings is 3. The largest absolute Gasteiger partial charge is 0.269 e. The lowest BCUT2D eigenvalue weighted by molar-refractivity contribution is -0.114. The van der Waals surface area contributed by atoms with Gasteiger partial charge in [-0.25, -0.2) is 13.1 Å². The Kier molecular flexibility index (Phi) is 4.63. The quantitative estimate of drug-likeness (QED) is 0.538. The number of pyridine rings is 1. The van der Waals surface area contributed by atoms with Gasteiger partial charge >= 0.3 is 0 Å². The van der Waals surface area contributed by atoms with Crippen molar-refractivity contribution in [3.8, 4) is 0 Å². The van der Waals surface area contributed by atoms with Crippen LogP contribution in [0.3, 0.4) is 0 Å². The topological polar surface area (TPSA) is 76.1 Å². The van der Waals surface area contributed by atoms with Crippen molar-refractivity contribution in [2.75, 3.05) is 0 Å². The van der Waals surface area contributed by atoms with E-state index in [1.54, 1.807) is 30.5 Å². The Morgan fingerprint density at radius 2 is 1.61 bits per heavy atom. The summed E-state index contributed by atoms with van der Waals surface area (Å²) in [6, 6.07) is 20.0. The molecule has 1 heterocycles. The van der Waals surface area contributed by atoms with Crippen molar-refractivity contribution in [2.24, 2.45) is 0 Å². The Morgan fingerprint density at radius 3 is 2.50 bits per heavy atom. The molecular formula is C22H16N2O3S. The first kappa shape index (κ1) is 17.9. The van der Waals surface area contributed by atoms with Crippen molar-refractivity contribution in [1.29, 1.82) is 0 Å². The smallest absolute Gasteiger partial charge is 0.264 e. The molecule has 28 heavy (non-hydrogen) atoms. The zero-order valence-corrected chi connectivity index (χ0v) is 15.6. The molecule has 0 aliphatic carbocycles. The number of hydrogen-bond acceptors (Lipinski definition) is 4. The Balaban J connectivity index is 1.61. The van der Waals surface area contributed by atoms with Gasteiger partial charge in [-0.05, 0) is 34.5 Å². The highest BCUT2D eigenvalue weighted by atomic mass is 32.2. The van der Waals surface area contributed by atoms with Crippen LogP contribution >= 0.6 is 0 Å². The number of sulfonamides is 1. The lowest BCUT2D eigenvalue weighted by atomic mass is 10.0. The number of fused-ring (bicyclic) bond motifs is 2. The van der Waals surface area contributed by atoms with Crippen LogP contribution in [0.15, 0.2) is 90.1 Å². The van der Waals surface area contributed by atoms with Crippen LogP contribution in [0.2, 0.25) is 0 Å². The summed E-state index contributed by atoms with van der Waals surface area (Å²) in [6.45, 7) is 0. The van der Waals surface area contributed by atoms with E-state index in [0.717, 1.165) is 16.3 Å². The number of amides is 1. The van der Waals surface area contributed by atoms with Gasteiger partial charge in [0.1, 0.15) is 0 Å². The van der Waals surface area contributed by atoms with Gasteiger partial charge in [0.05, 0.1) is 4.90 Å². The van der Waals surface area contributed by atoms with Gasteiger partial charge in [-0.3, -0.25) is 9.78 Å². The van der Waals surface area contributed by atoms with E-state index in [0.29, 0.717) is 10.8 Å². The Bertz CT molecular complexity index is 1320. The molecule has 1 aromatic heterocycles. The normalized spacial score (nSPS) is 11.9. The molecule has 0 aliphatic heterocycles. The van der Waals surface area contributed by atoms with E-state index in [-0.39, 0.29) is 4.90 Å². The predicted molar refractivity (Wildman–Crippen MR) is 110 cm³/mol. The summed E-state index contributed by atoms with van der Waals surface area (Å²) in [5.74, 6) is -0.709. The van der Waals surface area contributed by atoms with Crippen LogP contribution in [0.1, 0.15) is 5.56 Å². The highest BCUT2D eigenvalue weighted by molar-refractivity contribution is 7.90. The van der Waals surface area contributed by atoms with Crippen LogP contribution in [0.5, 0.6) is 0 Å². The van der Waals surface area contributed by atoms with Gasteiger partial charge in [-0.2, -0.15) is 0 Å². The zero-order valence-electron chi connectivity index (χ0n) is 14.7. The fraction of sp³-hybridized carbons (Fsp3) is 0. The zero-order chi connectivity index (χ0) is 19.6. The second-order valence-electron chi connectivity index (χ2n) is 6.22. The van der Waals surface area contributed by atoms with E-state index in [9.17, 15) is 13.2 Å². The highest BCUT2D eigenvalue weighted by Gasteiger charge is 2.19. The standard InChI is InChI=1S/C22H16N2O3S/c25-22(12-11-17-7-3-6-16-5-1-2-9-19(16)17)24-28(26,27)21-10-4-8-18-15-23-14-13-20(18)21/h1-15H,(H,24,25)/b12-11+. The molecule has 138 valence electrons. The highest BCUT2D eigenvalue weighted by Crippen LogP contribution is 2.22. The minimum atomic E-state index is -4.01. The van der Waals surface area contributed by atoms with Crippen LogP contribution in [0.4, 0.5) is 0 Å². The summed E-state index contributed by atoms with van der Waals surface area (Å²) in [5, 5.41) is 3.22. The molecule has 0 spiro atoms. The van der Waals surface area contributed by atoms with Crippen molar-refractivity contribution in [1.82, 2.24) is 9.71 Å². The second-order valence-corrected chi connectivity index (χ2v) is 7.88. The number of aromatic nitrogens is 1. The fourth-order valence-corrected chi connectivity index (χ4v) is 4.29. The van der Waals surface area contributed by atoms with Crippen LogP contribution < -0.4 is 4.72 Å². The third kappa shape index (κ3) is 3.50. The Morgan fingerprint density at radius 1 is 0.857 bits per heavy atom. The van der Waals surface area contributed by atoms with Gasteiger partial charge < -0.3 is 0 Å². The van der Waals surface area contributed by atoms with Crippen LogP contribution in [-0.2, 0) is 14.8 Å². The molecule has 4 aromatic rings. The summed E-state index contributed by atoms with van der Waals surface area (Å²) in [4.78, 5) is 16.3. The third-order valence-electron chi connectivity index (χ3n) is 4.40. The van der Waals surface area contributed by atoms with Crippen LogP contribution in [-0.4, -0.2) is 19.3 Å². The number of carbonyl (C=O) groups is 1. The molecule has 0 saturated heterocycles. The van der Waals surface area contributed by atoms with E-state index < -0.39 is 15.9 Å². The molecule has 3 aromatic carbocycles. The van der Waals surface area contributed by atoms with Crippen LogP contribution in [0, 0.1) is 0 Å². The Labute approximate surface area is 162 Å². The monoisotopic (exact) mass is 388 g/mol. The van der Waals surface area contributed by atoms with Gasteiger partial charge in [0, 0.05) is 29.2 Å². The van der Waals surface area contributed by atoms with Gasteiger partial charge in [0.25, 0.3) is 15.9 Å². The molecule has 0 saturated carbocycles. The third-order valence-corrected chi connectivity index (χ3v) is 5.81. The van der Waals surface area contributed by atoms with E-state index in [2.05, 4.69) is 9.71 Å². The molecule has 0 bridgehead atoms. The molecule has 4 rings (SSSR count). The maximum Gasteiger partial charge on any atom is 0.264 e. The summed E-state index contributed by atoms with van der Waals surface area (Å²) >= 11 is 0. The number of carbonyl (C=O) groups excluding carboxylic acids is 1.